The predicted molar refractivity (Wildman–Crippen MR) is 90.5 cm³/mol. The predicted octanol–water partition coefficient (Wildman–Crippen LogP) is 3.85. The number of methoxy groups -OCH3 is 1. The molecule has 23 heavy (non-hydrogen) atoms. The van der Waals surface area contributed by atoms with Gasteiger partial charge in [0, 0.05) is 10.7 Å². The average molecular weight is 332 g/mol. The SMILES string of the molecule is COc1ccc2c(c1)C[C@@H](C(=O)Nc1ccc(C)c(Cl)c1)CO2. The normalized spacial score (nSPS) is 16.2. The Bertz CT molecular complexity index is 745. The van der Waals surface area contributed by atoms with Crippen molar-refractivity contribution in [2.75, 3.05) is 19.0 Å². The number of anilines is 1. The van der Waals surface area contributed by atoms with Crippen LogP contribution in [-0.2, 0) is 11.2 Å². The van der Waals surface area contributed by atoms with Gasteiger partial charge in [-0.05, 0) is 54.8 Å². The van der Waals surface area contributed by atoms with Gasteiger partial charge in [0.25, 0.3) is 0 Å². The monoisotopic (exact) mass is 331 g/mol. The van der Waals surface area contributed by atoms with E-state index in [-0.39, 0.29) is 11.8 Å². The number of halogens is 1. The first-order valence-electron chi connectivity index (χ1n) is 7.43. The van der Waals surface area contributed by atoms with Crippen LogP contribution in [0.3, 0.4) is 0 Å². The zero-order chi connectivity index (χ0) is 16.4. The number of hydrogen-bond acceptors (Lipinski definition) is 3. The Morgan fingerprint density at radius 1 is 1.30 bits per heavy atom. The van der Waals surface area contributed by atoms with Crippen LogP contribution in [0.25, 0.3) is 0 Å². The lowest BCUT2D eigenvalue weighted by molar-refractivity contribution is -0.121. The van der Waals surface area contributed by atoms with E-state index in [1.54, 1.807) is 13.2 Å². The van der Waals surface area contributed by atoms with Crippen LogP contribution >= 0.6 is 11.6 Å². The number of benzene rings is 2. The maximum atomic E-state index is 12.5. The Balaban J connectivity index is 1.72. The molecule has 5 heteroatoms. The molecule has 1 amide bonds. The molecule has 0 saturated heterocycles. The van der Waals surface area contributed by atoms with Crippen molar-refractivity contribution in [3.05, 3.63) is 52.5 Å². The first kappa shape index (κ1) is 15.7. The Labute approximate surface area is 140 Å². The highest BCUT2D eigenvalue weighted by atomic mass is 35.5. The molecule has 1 atom stereocenters. The average Bonchev–Trinajstić information content (AvgIpc) is 2.57. The second-order valence-electron chi connectivity index (χ2n) is 5.64. The van der Waals surface area contributed by atoms with Crippen molar-refractivity contribution in [2.24, 2.45) is 5.92 Å². The molecule has 2 aromatic carbocycles. The molecular weight excluding hydrogens is 314 g/mol. The molecule has 0 aliphatic carbocycles. The lowest BCUT2D eigenvalue weighted by Gasteiger charge is -2.25. The summed E-state index contributed by atoms with van der Waals surface area (Å²) in [5.41, 5.74) is 2.66. The Morgan fingerprint density at radius 2 is 2.13 bits per heavy atom. The van der Waals surface area contributed by atoms with Gasteiger partial charge in [0.05, 0.1) is 13.0 Å². The van der Waals surface area contributed by atoms with Crippen LogP contribution in [0.1, 0.15) is 11.1 Å². The van der Waals surface area contributed by atoms with Crippen molar-refractivity contribution in [3.8, 4) is 11.5 Å². The third kappa shape index (κ3) is 3.42. The summed E-state index contributed by atoms with van der Waals surface area (Å²) in [6, 6.07) is 11.1. The summed E-state index contributed by atoms with van der Waals surface area (Å²) in [7, 11) is 1.62. The number of aryl methyl sites for hydroxylation is 1. The van der Waals surface area contributed by atoms with Gasteiger partial charge in [0.15, 0.2) is 0 Å². The second-order valence-corrected chi connectivity index (χ2v) is 6.05. The summed E-state index contributed by atoms with van der Waals surface area (Å²) in [4.78, 5) is 12.5. The number of nitrogens with one attached hydrogen (secondary N) is 1. The molecular formula is C18H18ClNO3. The van der Waals surface area contributed by atoms with Crippen LogP contribution in [-0.4, -0.2) is 19.6 Å². The molecule has 1 aliphatic rings. The highest BCUT2D eigenvalue weighted by molar-refractivity contribution is 6.31. The second kappa shape index (κ2) is 6.50. The number of carbonyl (C=O) groups is 1. The Kier molecular flexibility index (Phi) is 4.44. The van der Waals surface area contributed by atoms with Crippen LogP contribution in [0, 0.1) is 12.8 Å². The van der Waals surface area contributed by atoms with Crippen LogP contribution in [0.2, 0.25) is 5.02 Å². The Morgan fingerprint density at radius 3 is 2.87 bits per heavy atom. The van der Waals surface area contributed by atoms with E-state index in [0.717, 1.165) is 22.6 Å². The summed E-state index contributed by atoms with van der Waals surface area (Å²) in [6.45, 7) is 2.29. The largest absolute Gasteiger partial charge is 0.497 e. The molecule has 0 spiro atoms. The van der Waals surface area contributed by atoms with E-state index in [9.17, 15) is 4.79 Å². The summed E-state index contributed by atoms with van der Waals surface area (Å²) < 4.78 is 10.9. The van der Waals surface area contributed by atoms with Crippen LogP contribution in [0.15, 0.2) is 36.4 Å². The van der Waals surface area contributed by atoms with Crippen molar-refractivity contribution >= 4 is 23.2 Å². The number of ether oxygens (including phenoxy) is 2. The maximum Gasteiger partial charge on any atom is 0.231 e. The molecule has 0 bridgehead atoms. The third-order valence-electron chi connectivity index (χ3n) is 3.98. The number of carbonyl (C=O) groups excluding carboxylic acids is 1. The first-order chi connectivity index (χ1) is 11.1. The third-order valence-corrected chi connectivity index (χ3v) is 4.39. The van der Waals surface area contributed by atoms with Crippen LogP contribution in [0.5, 0.6) is 11.5 Å². The van der Waals surface area contributed by atoms with Crippen LogP contribution < -0.4 is 14.8 Å². The highest BCUT2D eigenvalue weighted by Crippen LogP contribution is 2.31. The van der Waals surface area contributed by atoms with Crippen molar-refractivity contribution < 1.29 is 14.3 Å². The number of fused-ring (bicyclic) bond motifs is 1. The number of hydrogen-bond donors (Lipinski definition) is 1. The molecule has 0 aromatic heterocycles. The molecule has 0 unspecified atom stereocenters. The van der Waals surface area contributed by atoms with Gasteiger partial charge in [0.2, 0.25) is 5.91 Å². The van der Waals surface area contributed by atoms with E-state index < -0.39 is 0 Å². The van der Waals surface area contributed by atoms with Crippen molar-refractivity contribution in [1.29, 1.82) is 0 Å². The van der Waals surface area contributed by atoms with Gasteiger partial charge in [-0.25, -0.2) is 0 Å². The molecule has 4 nitrogen and oxygen atoms in total. The lowest BCUT2D eigenvalue weighted by atomic mass is 9.95. The van der Waals surface area contributed by atoms with Gasteiger partial charge in [-0.1, -0.05) is 17.7 Å². The van der Waals surface area contributed by atoms with Crippen molar-refractivity contribution in [1.82, 2.24) is 0 Å². The Hall–Kier alpha value is -2.20. The first-order valence-corrected chi connectivity index (χ1v) is 7.81. The van der Waals surface area contributed by atoms with Gasteiger partial charge in [-0.15, -0.1) is 0 Å². The van der Waals surface area contributed by atoms with E-state index >= 15 is 0 Å². The standard InChI is InChI=1S/C18H18ClNO3/c1-11-3-4-14(9-16(11)19)20-18(21)13-7-12-8-15(22-2)5-6-17(12)23-10-13/h3-6,8-9,13H,7,10H2,1-2H3,(H,20,21)/t13-/m1/s1. The summed E-state index contributed by atoms with van der Waals surface area (Å²) >= 11 is 6.09. The van der Waals surface area contributed by atoms with E-state index in [4.69, 9.17) is 21.1 Å². The van der Waals surface area contributed by atoms with Gasteiger partial charge >= 0.3 is 0 Å². The molecule has 0 saturated carbocycles. The summed E-state index contributed by atoms with van der Waals surface area (Å²) in [5.74, 6) is 1.26. The number of rotatable bonds is 3. The minimum Gasteiger partial charge on any atom is -0.497 e. The quantitative estimate of drug-likeness (QED) is 0.929. The van der Waals surface area contributed by atoms with E-state index in [0.29, 0.717) is 23.7 Å². The minimum absolute atomic E-state index is 0.0709. The topological polar surface area (TPSA) is 47.6 Å². The molecule has 120 valence electrons. The molecule has 1 heterocycles. The minimum atomic E-state index is -0.241. The fraction of sp³-hybridized carbons (Fsp3) is 0.278. The van der Waals surface area contributed by atoms with Gasteiger partial charge in [0.1, 0.15) is 18.1 Å². The molecule has 2 aromatic rings. The molecule has 3 rings (SSSR count). The highest BCUT2D eigenvalue weighted by Gasteiger charge is 2.26. The van der Waals surface area contributed by atoms with E-state index in [1.165, 1.54) is 0 Å². The van der Waals surface area contributed by atoms with Gasteiger partial charge in [-0.2, -0.15) is 0 Å². The molecule has 0 fully saturated rings. The van der Waals surface area contributed by atoms with Crippen molar-refractivity contribution in [3.63, 3.8) is 0 Å². The molecule has 1 aliphatic heterocycles. The van der Waals surface area contributed by atoms with Gasteiger partial charge < -0.3 is 14.8 Å². The van der Waals surface area contributed by atoms with E-state index in [2.05, 4.69) is 5.32 Å². The summed E-state index contributed by atoms with van der Waals surface area (Å²) in [5, 5.41) is 3.54. The van der Waals surface area contributed by atoms with Crippen LogP contribution in [0.4, 0.5) is 5.69 Å². The number of amides is 1. The molecule has 1 N–H and O–H groups in total. The zero-order valence-corrected chi connectivity index (χ0v) is 13.8. The lowest BCUT2D eigenvalue weighted by Crippen LogP contribution is -2.32. The fourth-order valence-electron chi connectivity index (χ4n) is 2.58. The maximum absolute atomic E-state index is 12.5. The zero-order valence-electron chi connectivity index (χ0n) is 13.1. The molecule has 0 radical (unpaired) electrons. The summed E-state index contributed by atoms with van der Waals surface area (Å²) in [6.07, 6.45) is 0.623. The van der Waals surface area contributed by atoms with E-state index in [1.807, 2.05) is 37.3 Å². The van der Waals surface area contributed by atoms with Gasteiger partial charge in [-0.3, -0.25) is 4.79 Å². The fourth-order valence-corrected chi connectivity index (χ4v) is 2.76. The van der Waals surface area contributed by atoms with Crippen molar-refractivity contribution in [2.45, 2.75) is 13.3 Å². The smallest absolute Gasteiger partial charge is 0.231 e.